The number of benzene rings is 2. The van der Waals surface area contributed by atoms with E-state index in [0.29, 0.717) is 33.5 Å². The fraction of sp³-hybridized carbons (Fsp3) is 0.346. The van der Waals surface area contributed by atoms with Crippen molar-refractivity contribution < 1.29 is 9.59 Å². The molecule has 5 heterocycles. The van der Waals surface area contributed by atoms with E-state index in [-0.39, 0.29) is 33.2 Å². The molecule has 0 saturated carbocycles. The summed E-state index contributed by atoms with van der Waals surface area (Å²) in [6.07, 6.45) is 8.05. The Bertz CT molecular complexity index is 2500. The summed E-state index contributed by atoms with van der Waals surface area (Å²) in [6.45, 7) is 30.0. The standard InChI is InChI=1S/C52H58N4O2/c1-29(57)39-27-45-47(31-19-33(49(3,4)5)23-34(20-31)50(6,7)8)41-18-16-38(54-41)26-44-40(30(2)58)28-46(56-44)48(42-17-15-37(53-42)25-43(39)55-45)32-21-35(51(9,10)11)24-36(22-32)52(12,13)14/h15-28,55-56H,1-14H3. The summed E-state index contributed by atoms with van der Waals surface area (Å²) < 4.78 is 0. The normalized spacial score (nSPS) is 13.3. The van der Waals surface area contributed by atoms with Crippen molar-refractivity contribution >= 4 is 57.9 Å². The van der Waals surface area contributed by atoms with E-state index in [1.807, 2.05) is 48.6 Å². The van der Waals surface area contributed by atoms with E-state index in [4.69, 9.17) is 9.97 Å². The number of hydrogen-bond donors (Lipinski definition) is 2. The topological polar surface area (TPSA) is 91.5 Å². The minimum atomic E-state index is -0.111. The quantitative estimate of drug-likeness (QED) is 0.174. The Balaban J connectivity index is 1.66. The van der Waals surface area contributed by atoms with Crippen LogP contribution in [0.3, 0.4) is 0 Å². The summed E-state index contributed by atoms with van der Waals surface area (Å²) >= 11 is 0. The second-order valence-electron chi connectivity index (χ2n) is 20.3. The molecule has 3 aromatic heterocycles. The van der Waals surface area contributed by atoms with Gasteiger partial charge in [-0.05, 0) is 117 Å². The van der Waals surface area contributed by atoms with Gasteiger partial charge < -0.3 is 9.97 Å². The van der Waals surface area contributed by atoms with E-state index in [0.717, 1.165) is 44.7 Å². The predicted octanol–water partition coefficient (Wildman–Crippen LogP) is 13.6. The molecule has 8 bridgehead atoms. The summed E-state index contributed by atoms with van der Waals surface area (Å²) in [5, 5.41) is 0. The van der Waals surface area contributed by atoms with Crippen LogP contribution in [0.2, 0.25) is 0 Å². The van der Waals surface area contributed by atoms with Crippen molar-refractivity contribution in [2.45, 2.75) is 119 Å². The molecule has 2 aromatic carbocycles. The largest absolute Gasteiger partial charge is 0.354 e. The Labute approximate surface area is 344 Å². The molecule has 7 rings (SSSR count). The maximum Gasteiger partial charge on any atom is 0.161 e. The van der Waals surface area contributed by atoms with Crippen molar-refractivity contribution in [3.05, 3.63) is 117 Å². The zero-order valence-electron chi connectivity index (χ0n) is 36.8. The lowest BCUT2D eigenvalue weighted by atomic mass is 9.78. The average Bonchev–Trinajstić information content (AvgIpc) is 3.92. The summed E-state index contributed by atoms with van der Waals surface area (Å²) in [4.78, 5) is 44.6. The van der Waals surface area contributed by atoms with E-state index in [1.165, 1.54) is 22.3 Å². The van der Waals surface area contributed by atoms with Crippen LogP contribution in [0.5, 0.6) is 0 Å². The lowest BCUT2D eigenvalue weighted by Gasteiger charge is -2.26. The van der Waals surface area contributed by atoms with Gasteiger partial charge >= 0.3 is 0 Å². The fourth-order valence-corrected chi connectivity index (χ4v) is 7.67. The van der Waals surface area contributed by atoms with Crippen LogP contribution in [0.1, 0.15) is 163 Å². The molecule has 2 aliphatic rings. The van der Waals surface area contributed by atoms with Crippen LogP contribution < -0.4 is 0 Å². The Morgan fingerprint density at radius 3 is 1.00 bits per heavy atom. The third kappa shape index (κ3) is 7.94. The summed E-state index contributed by atoms with van der Waals surface area (Å²) in [5.41, 5.74) is 15.3. The molecule has 2 aliphatic heterocycles. The van der Waals surface area contributed by atoms with E-state index in [2.05, 4.69) is 129 Å². The van der Waals surface area contributed by atoms with Crippen LogP contribution in [0, 0.1) is 0 Å². The molecule has 0 atom stereocenters. The van der Waals surface area contributed by atoms with Crippen LogP contribution in [-0.4, -0.2) is 31.5 Å². The molecule has 0 fully saturated rings. The SMILES string of the molecule is CC(=O)c1cc2[nH]c1cc1nc(c(-c3cc(C(C)(C)C)cc(C(C)(C)C)c3)c3cc(C(C)=O)c(cc4nc(c2-c2cc(C(C)(C)C)cc(C(C)(C)C)c2)C=C4)[nH]3)C=C1. The molecule has 0 radical (unpaired) electrons. The van der Waals surface area contributed by atoms with Crippen molar-refractivity contribution in [3.8, 4) is 22.3 Å². The summed E-state index contributed by atoms with van der Waals surface area (Å²) in [5.74, 6) is -0.0881. The predicted molar refractivity (Wildman–Crippen MR) is 245 cm³/mol. The van der Waals surface area contributed by atoms with Gasteiger partial charge in [0.05, 0.1) is 33.8 Å². The number of aromatic nitrogens is 4. The van der Waals surface area contributed by atoms with E-state index >= 15 is 0 Å². The van der Waals surface area contributed by atoms with Gasteiger partial charge in [-0.15, -0.1) is 0 Å². The van der Waals surface area contributed by atoms with Gasteiger partial charge in [-0.3, -0.25) is 9.59 Å². The molecule has 6 nitrogen and oxygen atoms in total. The number of hydrogen-bond acceptors (Lipinski definition) is 4. The van der Waals surface area contributed by atoms with Crippen molar-refractivity contribution in [2.24, 2.45) is 0 Å². The minimum absolute atomic E-state index is 0.0440. The fourth-order valence-electron chi connectivity index (χ4n) is 7.67. The lowest BCUT2D eigenvalue weighted by Crippen LogP contribution is -2.16. The van der Waals surface area contributed by atoms with Gasteiger partial charge in [0.1, 0.15) is 0 Å². The lowest BCUT2D eigenvalue weighted by molar-refractivity contribution is 0.101. The molecule has 0 amide bonds. The van der Waals surface area contributed by atoms with E-state index in [9.17, 15) is 9.59 Å². The minimum Gasteiger partial charge on any atom is -0.354 e. The van der Waals surface area contributed by atoms with Crippen LogP contribution >= 0.6 is 0 Å². The number of nitrogens with zero attached hydrogens (tertiary/aromatic N) is 2. The van der Waals surface area contributed by atoms with Gasteiger partial charge in [0, 0.05) is 33.3 Å². The monoisotopic (exact) mass is 770 g/mol. The Morgan fingerprint density at radius 2 is 0.724 bits per heavy atom. The van der Waals surface area contributed by atoms with Crippen LogP contribution in [0.4, 0.5) is 0 Å². The molecule has 2 N–H and O–H groups in total. The van der Waals surface area contributed by atoms with Gasteiger partial charge in [-0.25, -0.2) is 9.97 Å². The van der Waals surface area contributed by atoms with Crippen molar-refractivity contribution in [1.29, 1.82) is 0 Å². The molecule has 5 aromatic rings. The van der Waals surface area contributed by atoms with Gasteiger partial charge in [0.25, 0.3) is 0 Å². The third-order valence-corrected chi connectivity index (χ3v) is 11.3. The number of aromatic amines is 2. The first-order valence-corrected chi connectivity index (χ1v) is 20.4. The highest BCUT2D eigenvalue weighted by Gasteiger charge is 2.25. The number of fused-ring (bicyclic) bond motifs is 8. The first-order chi connectivity index (χ1) is 26.9. The third-order valence-electron chi connectivity index (χ3n) is 11.3. The number of carbonyl (C=O) groups is 2. The molecular weight excluding hydrogens is 713 g/mol. The number of ketones is 2. The summed E-state index contributed by atoms with van der Waals surface area (Å²) in [6, 6.07) is 21.5. The molecule has 0 aliphatic carbocycles. The van der Waals surface area contributed by atoms with Crippen molar-refractivity contribution in [3.63, 3.8) is 0 Å². The second-order valence-corrected chi connectivity index (χ2v) is 20.3. The molecular formula is C52H58N4O2. The van der Waals surface area contributed by atoms with Crippen LogP contribution in [0.25, 0.3) is 68.6 Å². The first-order valence-electron chi connectivity index (χ1n) is 20.4. The van der Waals surface area contributed by atoms with Gasteiger partial charge in [-0.2, -0.15) is 0 Å². The second kappa shape index (κ2) is 14.0. The van der Waals surface area contributed by atoms with Crippen LogP contribution in [-0.2, 0) is 21.7 Å². The highest BCUT2D eigenvalue weighted by molar-refractivity contribution is 6.06. The number of H-pyrrole nitrogens is 2. The molecule has 0 spiro atoms. The van der Waals surface area contributed by atoms with E-state index < -0.39 is 0 Å². The van der Waals surface area contributed by atoms with Crippen molar-refractivity contribution in [2.75, 3.05) is 0 Å². The smallest absolute Gasteiger partial charge is 0.161 e. The molecule has 6 heteroatoms. The maximum absolute atomic E-state index is 13.4. The maximum atomic E-state index is 13.4. The van der Waals surface area contributed by atoms with Gasteiger partial charge in [0.15, 0.2) is 11.6 Å². The van der Waals surface area contributed by atoms with Crippen LogP contribution in [0.15, 0.2) is 60.7 Å². The zero-order valence-corrected chi connectivity index (χ0v) is 36.8. The van der Waals surface area contributed by atoms with E-state index in [1.54, 1.807) is 13.8 Å². The zero-order chi connectivity index (χ0) is 42.3. The molecule has 0 unspecified atom stereocenters. The number of nitrogens with one attached hydrogen (secondary N) is 2. The number of rotatable bonds is 4. The number of carbonyl (C=O) groups excluding carboxylic acids is 2. The Hall–Kier alpha value is -5.62. The highest BCUT2D eigenvalue weighted by atomic mass is 16.1. The Morgan fingerprint density at radius 1 is 0.414 bits per heavy atom. The van der Waals surface area contributed by atoms with Crippen molar-refractivity contribution in [1.82, 2.24) is 19.9 Å². The number of Topliss-reactive ketones (excluding diaryl/α,β-unsaturated/α-hetero) is 2. The van der Waals surface area contributed by atoms with Gasteiger partial charge in [-0.1, -0.05) is 119 Å². The van der Waals surface area contributed by atoms with Gasteiger partial charge in [0.2, 0.25) is 0 Å². The summed E-state index contributed by atoms with van der Waals surface area (Å²) in [7, 11) is 0. The molecule has 298 valence electrons. The average molecular weight is 771 g/mol. The first kappa shape index (κ1) is 40.6. The highest BCUT2D eigenvalue weighted by Crippen LogP contribution is 2.40. The molecule has 58 heavy (non-hydrogen) atoms. The molecule has 0 saturated heterocycles. The Kier molecular flexibility index (Phi) is 9.82.